The molecule has 0 radical (unpaired) electrons. The maximum absolute atomic E-state index is 13.6. The Bertz CT molecular complexity index is 1700. The van der Waals surface area contributed by atoms with E-state index < -0.39 is 27.7 Å². The predicted molar refractivity (Wildman–Crippen MR) is 175 cm³/mol. The lowest BCUT2D eigenvalue weighted by Gasteiger charge is -2.41. The molecule has 3 aromatic rings. The molecule has 45 heavy (non-hydrogen) atoms. The lowest BCUT2D eigenvalue weighted by atomic mass is 9.81. The molecule has 2 aliphatic rings. The van der Waals surface area contributed by atoms with Crippen molar-refractivity contribution in [1.29, 1.82) is 0 Å². The van der Waals surface area contributed by atoms with Crippen LogP contribution in [-0.4, -0.2) is 54.6 Å². The molecule has 0 amide bonds. The Kier molecular flexibility index (Phi) is 8.80. The molecule has 1 N–H and O–H groups in total. The molecule has 3 heterocycles. The van der Waals surface area contributed by atoms with Crippen LogP contribution in [0.3, 0.4) is 0 Å². The summed E-state index contributed by atoms with van der Waals surface area (Å²) >= 11 is 0. The fourth-order valence-corrected chi connectivity index (χ4v) is 7.74. The molecule has 10 heteroatoms. The second-order valence-corrected chi connectivity index (χ2v) is 15.9. The number of benzene rings is 2. The summed E-state index contributed by atoms with van der Waals surface area (Å²) in [6.07, 6.45) is 0.723. The van der Waals surface area contributed by atoms with Crippen LogP contribution in [0.15, 0.2) is 47.4 Å². The lowest BCUT2D eigenvalue weighted by Crippen LogP contribution is -2.39. The highest BCUT2D eigenvalue weighted by molar-refractivity contribution is 7.89. The molecule has 242 valence electrons. The Morgan fingerprint density at radius 3 is 2.18 bits per heavy atom. The first-order valence-electron chi connectivity index (χ1n) is 15.4. The third-order valence-electron chi connectivity index (χ3n) is 8.86. The van der Waals surface area contributed by atoms with Gasteiger partial charge >= 0.3 is 5.97 Å². The SMILES string of the molecule is COc1ccc(S(=O)(=O)N2Cc3ccc(-c4c(C)nc(C)c(C(OC(C)(C)C)C(=O)O)c4N4CCC(C)(C)CC4)cc3C2)cc1. The Balaban J connectivity index is 1.61. The molecule has 0 spiro atoms. The van der Waals surface area contributed by atoms with E-state index >= 15 is 0 Å². The van der Waals surface area contributed by atoms with Gasteiger partial charge in [0.05, 0.1) is 23.3 Å². The summed E-state index contributed by atoms with van der Waals surface area (Å²) in [5, 5.41) is 10.5. The molecule has 9 nitrogen and oxygen atoms in total. The van der Waals surface area contributed by atoms with E-state index in [1.807, 2.05) is 52.8 Å². The summed E-state index contributed by atoms with van der Waals surface area (Å²) in [6, 6.07) is 12.5. The van der Waals surface area contributed by atoms with Crippen LogP contribution in [0, 0.1) is 19.3 Å². The van der Waals surface area contributed by atoms with Gasteiger partial charge in [0, 0.05) is 48.7 Å². The average molecular weight is 636 g/mol. The predicted octanol–water partition coefficient (Wildman–Crippen LogP) is 6.65. The van der Waals surface area contributed by atoms with E-state index in [0.29, 0.717) is 17.0 Å². The number of aromatic nitrogens is 1. The molecule has 0 aliphatic carbocycles. The molecule has 1 saturated heterocycles. The number of anilines is 1. The van der Waals surface area contributed by atoms with Crippen molar-refractivity contribution in [2.75, 3.05) is 25.1 Å². The van der Waals surface area contributed by atoms with E-state index in [4.69, 9.17) is 14.5 Å². The molecule has 1 aromatic heterocycles. The van der Waals surface area contributed by atoms with Gasteiger partial charge in [0.2, 0.25) is 10.0 Å². The number of sulfonamides is 1. The Labute approximate surface area is 267 Å². The van der Waals surface area contributed by atoms with Gasteiger partial charge in [0.25, 0.3) is 0 Å². The molecule has 5 rings (SSSR count). The fourth-order valence-electron chi connectivity index (χ4n) is 6.34. The van der Waals surface area contributed by atoms with Crippen molar-refractivity contribution in [3.63, 3.8) is 0 Å². The van der Waals surface area contributed by atoms with Crippen molar-refractivity contribution >= 4 is 21.7 Å². The van der Waals surface area contributed by atoms with Crippen molar-refractivity contribution in [3.8, 4) is 16.9 Å². The van der Waals surface area contributed by atoms with Gasteiger partial charge in [-0.1, -0.05) is 26.0 Å². The number of aryl methyl sites for hydroxylation is 2. The Morgan fingerprint density at radius 2 is 1.60 bits per heavy atom. The van der Waals surface area contributed by atoms with Crippen molar-refractivity contribution in [3.05, 3.63) is 70.5 Å². The Hall–Kier alpha value is -3.47. The summed E-state index contributed by atoms with van der Waals surface area (Å²) in [7, 11) is -2.18. The number of hydrogen-bond donors (Lipinski definition) is 1. The number of rotatable bonds is 8. The molecule has 0 saturated carbocycles. The zero-order valence-corrected chi connectivity index (χ0v) is 28.4. The summed E-state index contributed by atoms with van der Waals surface area (Å²) in [5.41, 5.74) is 5.91. The number of piperidine rings is 1. The second-order valence-electron chi connectivity index (χ2n) is 14.0. The maximum Gasteiger partial charge on any atom is 0.337 e. The minimum atomic E-state index is -3.73. The standard InChI is InChI=1S/C35H45N3O6S/c1-22-29(24-9-10-25-20-38(21-26(25)19-24)45(41,42)28-13-11-27(43-8)12-14-28)31(37-17-15-35(6,7)16-18-37)30(23(2)36-22)32(33(39)40)44-34(3,4)5/h9-14,19,32H,15-18,20-21H2,1-8H3,(H,39,40). The number of ether oxygens (including phenoxy) is 2. The van der Waals surface area contributed by atoms with Gasteiger partial charge in [-0.05, 0) is 99.9 Å². The number of carboxylic acid groups (broad SMARTS) is 1. The van der Waals surface area contributed by atoms with E-state index in [1.165, 1.54) is 4.31 Å². The maximum atomic E-state index is 13.6. The summed E-state index contributed by atoms with van der Waals surface area (Å²) in [5.74, 6) is -0.465. The van der Waals surface area contributed by atoms with Crippen LogP contribution in [-0.2, 0) is 32.6 Å². The van der Waals surface area contributed by atoms with Crippen LogP contribution < -0.4 is 9.64 Å². The summed E-state index contributed by atoms with van der Waals surface area (Å²) in [6.45, 7) is 16.0. The van der Waals surface area contributed by atoms with E-state index in [0.717, 1.165) is 59.6 Å². The highest BCUT2D eigenvalue weighted by Gasteiger charge is 2.37. The number of nitrogens with zero attached hydrogens (tertiary/aromatic N) is 3. The van der Waals surface area contributed by atoms with Crippen LogP contribution in [0.25, 0.3) is 11.1 Å². The van der Waals surface area contributed by atoms with E-state index in [9.17, 15) is 18.3 Å². The van der Waals surface area contributed by atoms with E-state index in [2.05, 4.69) is 18.7 Å². The zero-order valence-electron chi connectivity index (χ0n) is 27.6. The number of fused-ring (bicyclic) bond motifs is 1. The van der Waals surface area contributed by atoms with Gasteiger partial charge in [0.1, 0.15) is 5.75 Å². The third kappa shape index (κ3) is 6.73. The van der Waals surface area contributed by atoms with Gasteiger partial charge in [-0.3, -0.25) is 4.98 Å². The second kappa shape index (κ2) is 12.0. The molecular weight excluding hydrogens is 590 g/mol. The minimum absolute atomic E-state index is 0.189. The molecule has 1 fully saturated rings. The van der Waals surface area contributed by atoms with E-state index in [-0.39, 0.29) is 23.4 Å². The average Bonchev–Trinajstić information content (AvgIpc) is 3.40. The van der Waals surface area contributed by atoms with Crippen molar-refractivity contribution in [1.82, 2.24) is 9.29 Å². The first-order chi connectivity index (χ1) is 21.0. The molecule has 1 atom stereocenters. The summed E-state index contributed by atoms with van der Waals surface area (Å²) in [4.78, 5) is 20.2. The quantitative estimate of drug-likeness (QED) is 0.293. The number of carboxylic acids is 1. The highest BCUT2D eigenvalue weighted by Crippen LogP contribution is 2.45. The number of aliphatic carboxylic acids is 1. The molecule has 0 bridgehead atoms. The van der Waals surface area contributed by atoms with Crippen LogP contribution in [0.2, 0.25) is 0 Å². The van der Waals surface area contributed by atoms with Crippen molar-refractivity contribution < 1.29 is 27.8 Å². The number of carbonyl (C=O) groups is 1. The zero-order chi connectivity index (χ0) is 32.9. The lowest BCUT2D eigenvalue weighted by molar-refractivity contribution is -0.160. The molecular formula is C35H45N3O6S. The molecule has 1 unspecified atom stereocenters. The fraction of sp³-hybridized carbons (Fsp3) is 0.486. The van der Waals surface area contributed by atoms with Gasteiger partial charge in [-0.15, -0.1) is 0 Å². The first-order valence-corrected chi connectivity index (χ1v) is 16.9. The van der Waals surface area contributed by atoms with Crippen LogP contribution in [0.5, 0.6) is 5.75 Å². The van der Waals surface area contributed by atoms with Crippen molar-refractivity contribution in [2.24, 2.45) is 5.41 Å². The third-order valence-corrected chi connectivity index (χ3v) is 10.7. The topological polar surface area (TPSA) is 109 Å². The van der Waals surface area contributed by atoms with Gasteiger partial charge in [0.15, 0.2) is 6.10 Å². The van der Waals surface area contributed by atoms with Crippen LogP contribution in [0.1, 0.15) is 81.6 Å². The monoisotopic (exact) mass is 635 g/mol. The first kappa shape index (κ1) is 32.9. The minimum Gasteiger partial charge on any atom is -0.497 e. The van der Waals surface area contributed by atoms with Crippen molar-refractivity contribution in [2.45, 2.75) is 91.0 Å². The number of methoxy groups -OCH3 is 1. The summed E-state index contributed by atoms with van der Waals surface area (Å²) < 4.78 is 40.0. The Morgan fingerprint density at radius 1 is 0.978 bits per heavy atom. The van der Waals surface area contributed by atoms with Gasteiger partial charge in [-0.2, -0.15) is 4.31 Å². The van der Waals surface area contributed by atoms with Crippen LogP contribution in [0.4, 0.5) is 5.69 Å². The molecule has 2 aliphatic heterocycles. The van der Waals surface area contributed by atoms with Gasteiger partial charge < -0.3 is 19.5 Å². The van der Waals surface area contributed by atoms with Gasteiger partial charge in [-0.25, -0.2) is 13.2 Å². The number of pyridine rings is 1. The smallest absolute Gasteiger partial charge is 0.337 e. The van der Waals surface area contributed by atoms with Crippen LogP contribution >= 0.6 is 0 Å². The normalized spacial score (nSPS) is 17.6. The molecule has 2 aromatic carbocycles. The largest absolute Gasteiger partial charge is 0.497 e. The highest BCUT2D eigenvalue weighted by atomic mass is 32.2. The number of hydrogen-bond acceptors (Lipinski definition) is 7. The van der Waals surface area contributed by atoms with E-state index in [1.54, 1.807) is 31.4 Å².